The van der Waals surface area contributed by atoms with Crippen molar-refractivity contribution in [3.63, 3.8) is 0 Å². The first kappa shape index (κ1) is 23.2. The molecule has 4 aromatic rings. The standard InChI is InChI=1S/C27H33N7O/c1-3-4-10-21-18-34(25-13-8-5-9-19(25)2)27(35)33(21)17-20-16-28-15-14-22(20)23-11-6-7-12-24(23)26-29-31-32-30-26/h6-7,11-12,14-16,18-19,25H,3-5,8-10,13,17H2,1-2H3,(H,29,30,31,32). The van der Waals surface area contributed by atoms with E-state index in [2.05, 4.69) is 51.7 Å². The molecule has 1 fully saturated rings. The minimum absolute atomic E-state index is 0.0948. The molecule has 2 unspecified atom stereocenters. The van der Waals surface area contributed by atoms with Crippen LogP contribution in [0.5, 0.6) is 0 Å². The van der Waals surface area contributed by atoms with Gasteiger partial charge in [-0.05, 0) is 64.8 Å². The Bertz CT molecular complexity index is 1320. The molecule has 3 heterocycles. The van der Waals surface area contributed by atoms with Crippen LogP contribution in [0.25, 0.3) is 22.5 Å². The molecule has 1 aromatic carbocycles. The van der Waals surface area contributed by atoms with E-state index in [4.69, 9.17) is 0 Å². The maximum absolute atomic E-state index is 13.8. The fourth-order valence-corrected chi connectivity index (χ4v) is 5.41. The Morgan fingerprint density at radius 3 is 2.69 bits per heavy atom. The highest BCUT2D eigenvalue weighted by Gasteiger charge is 2.26. The van der Waals surface area contributed by atoms with Crippen LogP contribution in [0.3, 0.4) is 0 Å². The first-order chi connectivity index (χ1) is 17.2. The van der Waals surface area contributed by atoms with Gasteiger partial charge in [0.1, 0.15) is 0 Å². The SMILES string of the molecule is CCCCc1cn(C2CCCCC2C)c(=O)n1Cc1cnccc1-c1ccccc1-c1nnn[nH]1. The highest BCUT2D eigenvalue weighted by atomic mass is 16.1. The molecule has 0 spiro atoms. The van der Waals surface area contributed by atoms with Crippen LogP contribution in [-0.4, -0.2) is 34.7 Å². The smallest absolute Gasteiger partial charge is 0.296 e. The van der Waals surface area contributed by atoms with E-state index >= 15 is 0 Å². The lowest BCUT2D eigenvalue weighted by Gasteiger charge is -2.29. The number of nitrogens with zero attached hydrogens (tertiary/aromatic N) is 6. The molecule has 2 atom stereocenters. The zero-order valence-corrected chi connectivity index (χ0v) is 20.5. The molecule has 0 radical (unpaired) electrons. The fourth-order valence-electron chi connectivity index (χ4n) is 5.41. The number of H-pyrrole nitrogens is 1. The summed E-state index contributed by atoms with van der Waals surface area (Å²) in [6.45, 7) is 4.96. The van der Waals surface area contributed by atoms with E-state index in [0.717, 1.165) is 53.6 Å². The van der Waals surface area contributed by atoms with Gasteiger partial charge in [-0.25, -0.2) is 9.89 Å². The summed E-state index contributed by atoms with van der Waals surface area (Å²) in [6, 6.07) is 10.3. The Morgan fingerprint density at radius 1 is 1.09 bits per heavy atom. The lowest BCUT2D eigenvalue weighted by atomic mass is 9.86. The number of aromatic amines is 1. The van der Waals surface area contributed by atoms with Crippen LogP contribution in [0.2, 0.25) is 0 Å². The summed E-state index contributed by atoms with van der Waals surface area (Å²) in [7, 11) is 0. The zero-order valence-electron chi connectivity index (χ0n) is 20.5. The van der Waals surface area contributed by atoms with Crippen molar-refractivity contribution in [1.29, 1.82) is 0 Å². The van der Waals surface area contributed by atoms with Crippen LogP contribution in [-0.2, 0) is 13.0 Å². The quantitative estimate of drug-likeness (QED) is 0.389. The van der Waals surface area contributed by atoms with Gasteiger partial charge in [-0.2, -0.15) is 0 Å². The average Bonchev–Trinajstić information content (AvgIpc) is 3.53. The summed E-state index contributed by atoms with van der Waals surface area (Å²) in [5.41, 5.74) is 5.15. The summed E-state index contributed by atoms with van der Waals surface area (Å²) >= 11 is 0. The largest absolute Gasteiger partial charge is 0.328 e. The molecule has 0 bridgehead atoms. The maximum atomic E-state index is 13.8. The highest BCUT2D eigenvalue weighted by molar-refractivity contribution is 5.81. The number of hydrogen-bond acceptors (Lipinski definition) is 5. The second kappa shape index (κ2) is 10.4. The maximum Gasteiger partial charge on any atom is 0.328 e. The Morgan fingerprint density at radius 2 is 1.91 bits per heavy atom. The molecule has 0 saturated heterocycles. The Balaban J connectivity index is 1.57. The second-order valence-corrected chi connectivity index (χ2v) is 9.66. The summed E-state index contributed by atoms with van der Waals surface area (Å²) in [5, 5.41) is 14.5. The number of nitrogens with one attached hydrogen (secondary N) is 1. The molecule has 0 aliphatic heterocycles. The van der Waals surface area contributed by atoms with Crippen LogP contribution < -0.4 is 5.69 Å². The molecular formula is C27H33N7O. The number of rotatable bonds is 8. The van der Waals surface area contributed by atoms with E-state index in [1.165, 1.54) is 19.3 Å². The van der Waals surface area contributed by atoms with Gasteiger partial charge in [-0.1, -0.05) is 57.4 Å². The Hall–Kier alpha value is -3.55. The summed E-state index contributed by atoms with van der Waals surface area (Å²) in [5.74, 6) is 1.13. The van der Waals surface area contributed by atoms with Crippen molar-refractivity contribution in [2.24, 2.45) is 5.92 Å². The topological polar surface area (TPSA) is 94.3 Å². The van der Waals surface area contributed by atoms with Crippen molar-refractivity contribution in [3.8, 4) is 22.5 Å². The van der Waals surface area contributed by atoms with Gasteiger partial charge < -0.3 is 0 Å². The number of pyridine rings is 1. The van der Waals surface area contributed by atoms with Crippen LogP contribution in [0.1, 0.15) is 69.7 Å². The number of hydrogen-bond donors (Lipinski definition) is 1. The van der Waals surface area contributed by atoms with Gasteiger partial charge in [-0.3, -0.25) is 14.1 Å². The lowest BCUT2D eigenvalue weighted by Crippen LogP contribution is -2.32. The third-order valence-corrected chi connectivity index (χ3v) is 7.35. The molecule has 1 aliphatic rings. The molecule has 0 amide bonds. The minimum atomic E-state index is 0.0948. The molecule has 8 heteroatoms. The number of aromatic nitrogens is 7. The first-order valence-corrected chi connectivity index (χ1v) is 12.7. The fraction of sp³-hybridized carbons (Fsp3) is 0.444. The van der Waals surface area contributed by atoms with E-state index in [1.807, 2.05) is 39.6 Å². The molecule has 35 heavy (non-hydrogen) atoms. The van der Waals surface area contributed by atoms with Gasteiger partial charge in [0.25, 0.3) is 0 Å². The van der Waals surface area contributed by atoms with Crippen LogP contribution in [0, 0.1) is 5.92 Å². The van der Waals surface area contributed by atoms with Gasteiger partial charge in [0.2, 0.25) is 0 Å². The van der Waals surface area contributed by atoms with Gasteiger partial charge in [-0.15, -0.1) is 5.10 Å². The summed E-state index contributed by atoms with van der Waals surface area (Å²) in [6.07, 6.45) is 13.6. The predicted molar refractivity (Wildman–Crippen MR) is 136 cm³/mol. The number of unbranched alkanes of at least 4 members (excludes halogenated alkanes) is 1. The molecule has 182 valence electrons. The van der Waals surface area contributed by atoms with Gasteiger partial charge in [0.15, 0.2) is 5.82 Å². The molecular weight excluding hydrogens is 438 g/mol. The molecule has 8 nitrogen and oxygen atoms in total. The number of benzene rings is 1. The van der Waals surface area contributed by atoms with Gasteiger partial charge in [0.05, 0.1) is 6.54 Å². The monoisotopic (exact) mass is 471 g/mol. The number of aryl methyl sites for hydroxylation is 1. The van der Waals surface area contributed by atoms with Crippen molar-refractivity contribution < 1.29 is 0 Å². The number of tetrazole rings is 1. The number of imidazole rings is 1. The summed E-state index contributed by atoms with van der Waals surface area (Å²) in [4.78, 5) is 18.2. The van der Waals surface area contributed by atoms with Crippen LogP contribution >= 0.6 is 0 Å². The van der Waals surface area contributed by atoms with Gasteiger partial charge >= 0.3 is 5.69 Å². The minimum Gasteiger partial charge on any atom is -0.296 e. The second-order valence-electron chi connectivity index (χ2n) is 9.66. The lowest BCUT2D eigenvalue weighted by molar-refractivity contribution is 0.251. The highest BCUT2D eigenvalue weighted by Crippen LogP contribution is 2.34. The van der Waals surface area contributed by atoms with Crippen molar-refractivity contribution in [2.45, 2.75) is 71.4 Å². The Labute approximate surface area is 205 Å². The van der Waals surface area contributed by atoms with Crippen LogP contribution in [0.15, 0.2) is 53.7 Å². The normalized spacial score (nSPS) is 18.1. The molecule has 5 rings (SSSR count). The van der Waals surface area contributed by atoms with Crippen molar-refractivity contribution in [2.75, 3.05) is 0 Å². The predicted octanol–water partition coefficient (Wildman–Crippen LogP) is 5.03. The van der Waals surface area contributed by atoms with Crippen molar-refractivity contribution >= 4 is 0 Å². The van der Waals surface area contributed by atoms with Crippen LogP contribution in [0.4, 0.5) is 0 Å². The van der Waals surface area contributed by atoms with Crippen molar-refractivity contribution in [1.82, 2.24) is 34.7 Å². The average molecular weight is 472 g/mol. The molecule has 3 aromatic heterocycles. The third-order valence-electron chi connectivity index (χ3n) is 7.35. The zero-order chi connectivity index (χ0) is 24.2. The summed E-state index contributed by atoms with van der Waals surface area (Å²) < 4.78 is 4.00. The van der Waals surface area contributed by atoms with Gasteiger partial charge in [0, 0.05) is 35.9 Å². The van der Waals surface area contributed by atoms with E-state index in [-0.39, 0.29) is 11.7 Å². The molecule has 1 N–H and O–H groups in total. The van der Waals surface area contributed by atoms with E-state index in [1.54, 1.807) is 6.20 Å². The van der Waals surface area contributed by atoms with E-state index in [0.29, 0.717) is 18.3 Å². The molecule has 1 aliphatic carbocycles. The third kappa shape index (κ3) is 4.70. The van der Waals surface area contributed by atoms with E-state index in [9.17, 15) is 4.79 Å². The molecule has 1 saturated carbocycles. The Kier molecular flexibility index (Phi) is 6.88. The van der Waals surface area contributed by atoms with Crippen molar-refractivity contribution in [3.05, 3.63) is 70.7 Å². The van der Waals surface area contributed by atoms with E-state index < -0.39 is 0 Å². The first-order valence-electron chi connectivity index (χ1n) is 12.7.